The Hall–Kier alpha value is -0.560. The van der Waals surface area contributed by atoms with Gasteiger partial charge in [0.1, 0.15) is 0 Å². The van der Waals surface area contributed by atoms with Crippen LogP contribution >= 0.6 is 0 Å². The minimum Gasteiger partial charge on any atom is -0.316 e. The Morgan fingerprint density at radius 1 is 1.55 bits per heavy atom. The second kappa shape index (κ2) is 2.82. The van der Waals surface area contributed by atoms with Gasteiger partial charge in [-0.3, -0.25) is 0 Å². The summed E-state index contributed by atoms with van der Waals surface area (Å²) in [7, 11) is 2.02. The van der Waals surface area contributed by atoms with Gasteiger partial charge in [0.2, 0.25) is 0 Å². The summed E-state index contributed by atoms with van der Waals surface area (Å²) in [4.78, 5) is 0. The summed E-state index contributed by atoms with van der Waals surface area (Å²) < 4.78 is 0. The molecule has 1 nitrogen and oxygen atoms in total. The van der Waals surface area contributed by atoms with Gasteiger partial charge in [0, 0.05) is 6.54 Å². The molecule has 2 aliphatic carbocycles. The predicted molar refractivity (Wildman–Crippen MR) is 47.4 cm³/mol. The quantitative estimate of drug-likeness (QED) is 0.630. The molecule has 0 aromatic carbocycles. The number of fused-ring (bicyclic) bond motifs is 1. The lowest BCUT2D eigenvalue weighted by Crippen LogP contribution is -2.31. The highest BCUT2D eigenvalue weighted by Crippen LogP contribution is 2.42. The van der Waals surface area contributed by atoms with Crippen LogP contribution in [0.4, 0.5) is 0 Å². The second-order valence-corrected chi connectivity index (χ2v) is 3.50. The van der Waals surface area contributed by atoms with E-state index in [1.165, 1.54) is 12.8 Å². The van der Waals surface area contributed by atoms with E-state index < -0.39 is 0 Å². The van der Waals surface area contributed by atoms with E-state index in [9.17, 15) is 0 Å². The van der Waals surface area contributed by atoms with Crippen LogP contribution in [0, 0.1) is 11.8 Å². The summed E-state index contributed by atoms with van der Waals surface area (Å²) in [6.07, 6.45) is 9.65. The average molecular weight is 149 g/mol. The average Bonchev–Trinajstić information content (AvgIpc) is 1.94. The fourth-order valence-electron chi connectivity index (χ4n) is 2.06. The van der Waals surface area contributed by atoms with Crippen molar-refractivity contribution in [2.75, 3.05) is 13.6 Å². The number of allylic oxidation sites excluding steroid dienone is 3. The van der Waals surface area contributed by atoms with E-state index in [2.05, 4.69) is 23.5 Å². The van der Waals surface area contributed by atoms with E-state index >= 15 is 0 Å². The first-order valence-corrected chi connectivity index (χ1v) is 4.43. The summed E-state index contributed by atoms with van der Waals surface area (Å²) in [5, 5.41) is 3.22. The summed E-state index contributed by atoms with van der Waals surface area (Å²) in [6, 6.07) is 0. The summed E-state index contributed by atoms with van der Waals surface area (Å²) in [5.41, 5.74) is 1.60. The van der Waals surface area contributed by atoms with Gasteiger partial charge < -0.3 is 5.32 Å². The Bertz CT molecular complexity index is 203. The summed E-state index contributed by atoms with van der Waals surface area (Å²) in [5.74, 6) is 1.76. The van der Waals surface area contributed by atoms with Gasteiger partial charge in [-0.05, 0) is 31.7 Å². The zero-order chi connectivity index (χ0) is 7.68. The monoisotopic (exact) mass is 149 g/mol. The van der Waals surface area contributed by atoms with Crippen molar-refractivity contribution in [3.05, 3.63) is 23.8 Å². The number of hydrogen-bond acceptors (Lipinski definition) is 1. The maximum atomic E-state index is 3.22. The molecule has 1 fully saturated rings. The van der Waals surface area contributed by atoms with E-state index in [1.54, 1.807) is 5.57 Å². The van der Waals surface area contributed by atoms with Crippen molar-refractivity contribution in [3.63, 3.8) is 0 Å². The molecule has 1 unspecified atom stereocenters. The molecule has 1 N–H and O–H groups in total. The van der Waals surface area contributed by atoms with Crippen LogP contribution in [0.3, 0.4) is 0 Å². The molecule has 2 rings (SSSR count). The van der Waals surface area contributed by atoms with E-state index in [-0.39, 0.29) is 0 Å². The smallest absolute Gasteiger partial charge is 0.0167 e. The second-order valence-electron chi connectivity index (χ2n) is 3.50. The third-order valence-corrected chi connectivity index (χ3v) is 2.85. The lowest BCUT2D eigenvalue weighted by molar-refractivity contribution is 0.262. The fraction of sp³-hybridized carbons (Fsp3) is 0.600. The van der Waals surface area contributed by atoms with E-state index in [0.717, 1.165) is 18.4 Å². The number of likely N-dealkylation sites (N-methyl/N-ethyl adjacent to an activating group) is 1. The molecule has 0 aliphatic heterocycles. The van der Waals surface area contributed by atoms with Crippen LogP contribution in [0.5, 0.6) is 0 Å². The SMILES string of the molecule is CNCC1=CC=C[C@@H]2CCC12. The van der Waals surface area contributed by atoms with Gasteiger partial charge in [0.05, 0.1) is 0 Å². The van der Waals surface area contributed by atoms with Crippen molar-refractivity contribution < 1.29 is 0 Å². The number of rotatable bonds is 2. The van der Waals surface area contributed by atoms with Crippen LogP contribution in [0.15, 0.2) is 23.8 Å². The van der Waals surface area contributed by atoms with Crippen LogP contribution in [0.2, 0.25) is 0 Å². The molecule has 1 heteroatoms. The molecule has 0 aromatic heterocycles. The lowest BCUT2D eigenvalue weighted by atomic mass is 9.67. The minimum atomic E-state index is 0.878. The molecule has 0 amide bonds. The van der Waals surface area contributed by atoms with Crippen molar-refractivity contribution in [2.45, 2.75) is 12.8 Å². The summed E-state index contributed by atoms with van der Waals surface area (Å²) in [6.45, 7) is 1.07. The van der Waals surface area contributed by atoms with Crippen LogP contribution < -0.4 is 5.32 Å². The van der Waals surface area contributed by atoms with Gasteiger partial charge in [-0.15, -0.1) is 0 Å². The highest BCUT2D eigenvalue weighted by molar-refractivity contribution is 5.27. The Balaban J connectivity index is 2.06. The topological polar surface area (TPSA) is 12.0 Å². The maximum Gasteiger partial charge on any atom is 0.0167 e. The largest absolute Gasteiger partial charge is 0.316 e. The van der Waals surface area contributed by atoms with E-state index in [1.807, 2.05) is 7.05 Å². The van der Waals surface area contributed by atoms with Crippen molar-refractivity contribution in [1.29, 1.82) is 0 Å². The molecular formula is C10H15N. The molecule has 0 heterocycles. The number of hydrogen-bond donors (Lipinski definition) is 1. The zero-order valence-electron chi connectivity index (χ0n) is 7.01. The molecule has 0 saturated heterocycles. The highest BCUT2D eigenvalue weighted by atomic mass is 14.8. The van der Waals surface area contributed by atoms with Gasteiger partial charge in [-0.25, -0.2) is 0 Å². The van der Waals surface area contributed by atoms with Crippen LogP contribution in [-0.2, 0) is 0 Å². The molecule has 1 saturated carbocycles. The Morgan fingerprint density at radius 3 is 3.09 bits per heavy atom. The number of nitrogens with one attached hydrogen (secondary N) is 1. The molecule has 2 aliphatic rings. The zero-order valence-corrected chi connectivity index (χ0v) is 7.01. The lowest BCUT2D eigenvalue weighted by Gasteiger charge is -2.38. The Labute approximate surface area is 68.2 Å². The first-order valence-electron chi connectivity index (χ1n) is 4.43. The van der Waals surface area contributed by atoms with Crippen molar-refractivity contribution >= 4 is 0 Å². The van der Waals surface area contributed by atoms with Crippen LogP contribution in [-0.4, -0.2) is 13.6 Å². The van der Waals surface area contributed by atoms with E-state index in [4.69, 9.17) is 0 Å². The van der Waals surface area contributed by atoms with Gasteiger partial charge in [-0.1, -0.05) is 23.8 Å². The third kappa shape index (κ3) is 1.14. The van der Waals surface area contributed by atoms with Gasteiger partial charge >= 0.3 is 0 Å². The molecule has 0 bridgehead atoms. The maximum absolute atomic E-state index is 3.22. The molecule has 2 atom stereocenters. The molecule has 0 spiro atoms. The third-order valence-electron chi connectivity index (χ3n) is 2.85. The summed E-state index contributed by atoms with van der Waals surface area (Å²) >= 11 is 0. The molecule has 0 aromatic rings. The molecule has 11 heavy (non-hydrogen) atoms. The van der Waals surface area contributed by atoms with Crippen LogP contribution in [0.25, 0.3) is 0 Å². The van der Waals surface area contributed by atoms with Crippen LogP contribution in [0.1, 0.15) is 12.8 Å². The fourth-order valence-corrected chi connectivity index (χ4v) is 2.06. The Kier molecular flexibility index (Phi) is 1.82. The molecular weight excluding hydrogens is 134 g/mol. The van der Waals surface area contributed by atoms with Crippen molar-refractivity contribution in [3.8, 4) is 0 Å². The van der Waals surface area contributed by atoms with Gasteiger partial charge in [0.15, 0.2) is 0 Å². The highest BCUT2D eigenvalue weighted by Gasteiger charge is 2.32. The molecule has 60 valence electrons. The van der Waals surface area contributed by atoms with Crippen molar-refractivity contribution in [1.82, 2.24) is 5.32 Å². The van der Waals surface area contributed by atoms with E-state index in [0.29, 0.717) is 0 Å². The van der Waals surface area contributed by atoms with Crippen molar-refractivity contribution in [2.24, 2.45) is 11.8 Å². The normalized spacial score (nSPS) is 34.1. The standard InChI is InChI=1S/C10H15N/c1-11-7-9-4-2-3-8-5-6-10(8)9/h2-4,8,10-11H,5-7H2,1H3/t8-,10?/m1/s1. The first-order chi connectivity index (χ1) is 5.42. The molecule has 0 radical (unpaired) electrons. The first kappa shape index (κ1) is 7.11. The Morgan fingerprint density at radius 2 is 2.45 bits per heavy atom. The minimum absolute atomic E-state index is 0.878. The van der Waals surface area contributed by atoms with Gasteiger partial charge in [-0.2, -0.15) is 0 Å². The predicted octanol–water partition coefficient (Wildman–Crippen LogP) is 1.73. The van der Waals surface area contributed by atoms with Gasteiger partial charge in [0.25, 0.3) is 0 Å².